The maximum atomic E-state index is 13.3. The van der Waals surface area contributed by atoms with Crippen LogP contribution in [0.25, 0.3) is 0 Å². The van der Waals surface area contributed by atoms with Crippen molar-refractivity contribution < 1.29 is 9.59 Å². The molecule has 6 heteroatoms. The molecule has 2 aliphatic rings. The maximum Gasteiger partial charge on any atom is 0.272 e. The van der Waals surface area contributed by atoms with E-state index in [2.05, 4.69) is 10.4 Å². The van der Waals surface area contributed by atoms with Crippen LogP contribution in [0.5, 0.6) is 0 Å². The smallest absolute Gasteiger partial charge is 0.272 e. The number of nitrogens with one attached hydrogen (secondary N) is 1. The van der Waals surface area contributed by atoms with Gasteiger partial charge in [0.1, 0.15) is 5.69 Å². The number of rotatable bonds is 2. The number of fused-ring (bicyclic) bond motifs is 1. The van der Waals surface area contributed by atoms with Gasteiger partial charge in [-0.15, -0.1) is 0 Å². The van der Waals surface area contributed by atoms with Gasteiger partial charge in [-0.2, -0.15) is 5.10 Å². The van der Waals surface area contributed by atoms with Crippen LogP contribution in [0.4, 0.5) is 0 Å². The Morgan fingerprint density at radius 2 is 2.00 bits per heavy atom. The molecule has 138 valence electrons. The van der Waals surface area contributed by atoms with Gasteiger partial charge in [0.2, 0.25) is 5.91 Å². The first-order valence-electron chi connectivity index (χ1n) is 9.83. The van der Waals surface area contributed by atoms with Gasteiger partial charge < -0.3 is 10.2 Å². The van der Waals surface area contributed by atoms with Crippen LogP contribution in [0.1, 0.15) is 68.8 Å². The first kappa shape index (κ1) is 18.0. The van der Waals surface area contributed by atoms with Gasteiger partial charge in [0, 0.05) is 31.9 Å². The number of aromatic nitrogens is 2. The summed E-state index contributed by atoms with van der Waals surface area (Å²) in [5.41, 5.74) is 0.641. The summed E-state index contributed by atoms with van der Waals surface area (Å²) in [5, 5.41) is 7.35. The molecule has 2 fully saturated rings. The Morgan fingerprint density at radius 3 is 2.84 bits per heavy atom. The Kier molecular flexibility index (Phi) is 6.10. The Balaban J connectivity index is 1.88. The van der Waals surface area contributed by atoms with Crippen LogP contribution in [0.15, 0.2) is 12.3 Å². The second-order valence-electron chi connectivity index (χ2n) is 7.19. The van der Waals surface area contributed by atoms with Crippen LogP contribution in [-0.4, -0.2) is 45.6 Å². The summed E-state index contributed by atoms with van der Waals surface area (Å²) in [5.74, 6) is 0.0884. The molecule has 1 aliphatic carbocycles. The standard InChI is InChI=1S/C19H30N4O2/c1-2-23-17(11-13-21-23)19(25)22-14-8-4-3-7-12-20-18(24)15-9-5-6-10-16(15)22/h11,13,15-16H,2-10,12,14H2,1H3,(H,20,24)/t15-,16+/m1/s1. The largest absolute Gasteiger partial charge is 0.356 e. The Labute approximate surface area is 149 Å². The van der Waals surface area contributed by atoms with Crippen molar-refractivity contribution >= 4 is 11.8 Å². The van der Waals surface area contributed by atoms with Crippen LogP contribution in [-0.2, 0) is 11.3 Å². The minimum absolute atomic E-state index is 0.0135. The van der Waals surface area contributed by atoms with Gasteiger partial charge in [-0.1, -0.05) is 25.7 Å². The molecule has 1 aliphatic heterocycles. The molecule has 1 saturated carbocycles. The highest BCUT2D eigenvalue weighted by molar-refractivity contribution is 5.93. The third kappa shape index (κ3) is 4.05. The van der Waals surface area contributed by atoms with Crippen molar-refractivity contribution in [3.63, 3.8) is 0 Å². The summed E-state index contributed by atoms with van der Waals surface area (Å²) in [7, 11) is 0. The third-order valence-corrected chi connectivity index (χ3v) is 5.59. The van der Waals surface area contributed by atoms with Crippen molar-refractivity contribution in [3.05, 3.63) is 18.0 Å². The Hall–Kier alpha value is -1.85. The van der Waals surface area contributed by atoms with Crippen LogP contribution in [0.3, 0.4) is 0 Å². The highest BCUT2D eigenvalue weighted by Crippen LogP contribution is 2.30. The molecule has 1 aromatic heterocycles. The van der Waals surface area contributed by atoms with E-state index in [9.17, 15) is 9.59 Å². The van der Waals surface area contributed by atoms with E-state index >= 15 is 0 Å². The molecule has 6 nitrogen and oxygen atoms in total. The van der Waals surface area contributed by atoms with E-state index in [0.717, 1.165) is 64.5 Å². The molecule has 2 amide bonds. The second-order valence-corrected chi connectivity index (χ2v) is 7.19. The number of carbonyl (C=O) groups excluding carboxylic acids is 2. The number of amides is 2. The molecule has 1 N–H and O–H groups in total. The lowest BCUT2D eigenvalue weighted by Gasteiger charge is -2.39. The molecule has 0 radical (unpaired) electrons. The topological polar surface area (TPSA) is 67.2 Å². The van der Waals surface area contributed by atoms with Gasteiger partial charge in [0.25, 0.3) is 5.91 Å². The number of nitrogens with zero attached hydrogens (tertiary/aromatic N) is 3. The molecule has 1 saturated heterocycles. The van der Waals surface area contributed by atoms with Gasteiger partial charge >= 0.3 is 0 Å². The molecular formula is C19H30N4O2. The lowest BCUT2D eigenvalue weighted by molar-refractivity contribution is -0.128. The number of hydrogen-bond donors (Lipinski definition) is 1. The molecule has 1 aromatic rings. The second kappa shape index (κ2) is 8.50. The molecular weight excluding hydrogens is 316 g/mol. The fourth-order valence-corrected chi connectivity index (χ4v) is 4.23. The fraction of sp³-hybridized carbons (Fsp3) is 0.737. The van der Waals surface area contributed by atoms with Gasteiger partial charge in [-0.25, -0.2) is 0 Å². The molecule has 2 atom stereocenters. The number of carbonyl (C=O) groups is 2. The first-order valence-corrected chi connectivity index (χ1v) is 9.83. The van der Waals surface area contributed by atoms with E-state index in [1.165, 1.54) is 0 Å². The average molecular weight is 346 g/mol. The van der Waals surface area contributed by atoms with Gasteiger partial charge in [0.15, 0.2) is 0 Å². The molecule has 2 heterocycles. The Morgan fingerprint density at radius 1 is 1.20 bits per heavy atom. The zero-order chi connectivity index (χ0) is 17.6. The molecule has 0 unspecified atom stereocenters. The van der Waals surface area contributed by atoms with Gasteiger partial charge in [0.05, 0.1) is 5.92 Å². The van der Waals surface area contributed by atoms with Crippen LogP contribution in [0.2, 0.25) is 0 Å². The van der Waals surface area contributed by atoms with Crippen LogP contribution >= 0.6 is 0 Å². The molecule has 0 aromatic carbocycles. The van der Waals surface area contributed by atoms with Gasteiger partial charge in [-0.05, 0) is 38.7 Å². The molecule has 3 rings (SSSR count). The van der Waals surface area contributed by atoms with Gasteiger partial charge in [-0.3, -0.25) is 14.3 Å². The van der Waals surface area contributed by atoms with E-state index in [1.807, 2.05) is 11.8 Å². The van der Waals surface area contributed by atoms with Crippen LogP contribution < -0.4 is 5.32 Å². The summed E-state index contributed by atoms with van der Waals surface area (Å²) in [6.07, 6.45) is 9.89. The first-order chi connectivity index (χ1) is 12.2. The summed E-state index contributed by atoms with van der Waals surface area (Å²) in [4.78, 5) is 28.0. The maximum absolute atomic E-state index is 13.3. The van der Waals surface area contributed by atoms with Crippen molar-refractivity contribution in [1.82, 2.24) is 20.0 Å². The van der Waals surface area contributed by atoms with Crippen LogP contribution in [0, 0.1) is 5.92 Å². The monoisotopic (exact) mass is 346 g/mol. The number of aryl methyl sites for hydroxylation is 1. The SMILES string of the molecule is CCn1nccc1C(=O)N1CCCCCCNC(=O)[C@@H]2CCCC[C@@H]21. The normalized spacial score (nSPS) is 25.6. The summed E-state index contributed by atoms with van der Waals surface area (Å²) < 4.78 is 1.76. The van der Waals surface area contributed by atoms with E-state index in [4.69, 9.17) is 0 Å². The van der Waals surface area contributed by atoms with Crippen molar-refractivity contribution in [3.8, 4) is 0 Å². The number of hydrogen-bond acceptors (Lipinski definition) is 3. The molecule has 0 bridgehead atoms. The summed E-state index contributed by atoms with van der Waals surface area (Å²) in [6.45, 7) is 4.17. The average Bonchev–Trinajstić information content (AvgIpc) is 3.10. The minimum atomic E-state index is -0.0752. The zero-order valence-electron chi connectivity index (χ0n) is 15.2. The van der Waals surface area contributed by atoms with E-state index < -0.39 is 0 Å². The summed E-state index contributed by atoms with van der Waals surface area (Å²) in [6, 6.07) is 1.81. The van der Waals surface area contributed by atoms with E-state index in [1.54, 1.807) is 16.9 Å². The quantitative estimate of drug-likeness (QED) is 0.895. The lowest BCUT2D eigenvalue weighted by atomic mass is 9.82. The highest BCUT2D eigenvalue weighted by Gasteiger charge is 2.37. The third-order valence-electron chi connectivity index (χ3n) is 5.59. The van der Waals surface area contributed by atoms with Crippen molar-refractivity contribution in [2.45, 2.75) is 70.9 Å². The van der Waals surface area contributed by atoms with Crippen molar-refractivity contribution in [2.24, 2.45) is 5.92 Å². The molecule has 25 heavy (non-hydrogen) atoms. The minimum Gasteiger partial charge on any atom is -0.356 e. The highest BCUT2D eigenvalue weighted by atomic mass is 16.2. The van der Waals surface area contributed by atoms with Crippen molar-refractivity contribution in [2.75, 3.05) is 13.1 Å². The predicted octanol–water partition coefficient (Wildman–Crippen LogP) is 2.59. The predicted molar refractivity (Wildman–Crippen MR) is 96.2 cm³/mol. The van der Waals surface area contributed by atoms with E-state index in [0.29, 0.717) is 12.2 Å². The van der Waals surface area contributed by atoms with E-state index in [-0.39, 0.29) is 23.8 Å². The Bertz CT molecular complexity index is 598. The molecule has 0 spiro atoms. The summed E-state index contributed by atoms with van der Waals surface area (Å²) >= 11 is 0. The van der Waals surface area contributed by atoms with Crippen molar-refractivity contribution in [1.29, 1.82) is 0 Å². The zero-order valence-corrected chi connectivity index (χ0v) is 15.2. The fourth-order valence-electron chi connectivity index (χ4n) is 4.23. The lowest BCUT2D eigenvalue weighted by Crippen LogP contribution is -2.51.